The molecular weight excluding hydrogens is 569 g/mol. The summed E-state index contributed by atoms with van der Waals surface area (Å²) < 4.78 is 74.0. The van der Waals surface area contributed by atoms with Crippen LogP contribution < -0.4 is 10.0 Å². The number of methoxy groups -OCH3 is 1. The number of ether oxygens (including phenoxy) is 1. The van der Waals surface area contributed by atoms with Gasteiger partial charge in [-0.15, -0.1) is 0 Å². The fourth-order valence-electron chi connectivity index (χ4n) is 4.05. The summed E-state index contributed by atoms with van der Waals surface area (Å²) in [4.78, 5) is 16.5. The number of rotatable bonds is 8. The average Bonchev–Trinajstić information content (AvgIpc) is 3.26. The zero-order valence-electron chi connectivity index (χ0n) is 21.7. The van der Waals surface area contributed by atoms with Crippen LogP contribution in [-0.2, 0) is 27.4 Å². The maximum absolute atomic E-state index is 13.4. The normalized spacial score (nSPS) is 12.9. The summed E-state index contributed by atoms with van der Waals surface area (Å²) in [6, 6.07) is 14.5. The molecule has 212 valence electrons. The summed E-state index contributed by atoms with van der Waals surface area (Å²) in [7, 11) is -2.53. The topological polar surface area (TPSA) is 102 Å². The molecule has 0 aliphatic heterocycles. The summed E-state index contributed by atoms with van der Waals surface area (Å²) in [5.41, 5.74) is 1.87. The molecule has 8 nitrogen and oxygen atoms in total. The number of fused-ring (bicyclic) bond motifs is 1. The lowest BCUT2D eigenvalue weighted by molar-refractivity contribution is -0.137. The van der Waals surface area contributed by atoms with Gasteiger partial charge in [0, 0.05) is 19.3 Å². The molecule has 0 radical (unpaired) electrons. The second-order valence-electron chi connectivity index (χ2n) is 9.09. The van der Waals surface area contributed by atoms with Crippen molar-refractivity contribution in [3.63, 3.8) is 0 Å². The molecular formula is C27H26ClF3N4O4S. The molecule has 0 spiro atoms. The van der Waals surface area contributed by atoms with Crippen LogP contribution in [0.4, 0.5) is 18.0 Å². The highest BCUT2D eigenvalue weighted by Gasteiger charge is 2.34. The van der Waals surface area contributed by atoms with E-state index in [0.29, 0.717) is 23.4 Å². The van der Waals surface area contributed by atoms with E-state index in [1.807, 2.05) is 11.6 Å². The number of aryl methyl sites for hydroxylation is 1. The van der Waals surface area contributed by atoms with Crippen LogP contribution in [0.3, 0.4) is 0 Å². The third-order valence-corrected chi connectivity index (χ3v) is 7.90. The van der Waals surface area contributed by atoms with Crippen molar-refractivity contribution in [3.05, 3.63) is 88.2 Å². The molecule has 1 aromatic heterocycles. The number of carbonyl (C=O) groups is 1. The number of imidazole rings is 1. The predicted molar refractivity (Wildman–Crippen MR) is 145 cm³/mol. The summed E-state index contributed by atoms with van der Waals surface area (Å²) in [5, 5.41) is 2.08. The van der Waals surface area contributed by atoms with Crippen molar-refractivity contribution in [3.8, 4) is 5.69 Å². The molecule has 0 saturated heterocycles. The maximum atomic E-state index is 13.4. The smallest absolute Gasteiger partial charge is 0.374 e. The molecule has 2 amide bonds. The largest absolute Gasteiger partial charge is 0.417 e. The Bertz CT molecular complexity index is 1640. The van der Waals surface area contributed by atoms with Crippen molar-refractivity contribution in [2.75, 3.05) is 13.7 Å². The third kappa shape index (κ3) is 6.40. The number of nitrogens with one attached hydrogen (secondary N) is 2. The lowest BCUT2D eigenvalue weighted by atomic mass is 10.1. The van der Waals surface area contributed by atoms with Gasteiger partial charge in [0.2, 0.25) is 0 Å². The summed E-state index contributed by atoms with van der Waals surface area (Å²) in [6.45, 7) is 3.71. The predicted octanol–water partition coefficient (Wildman–Crippen LogP) is 5.94. The first-order valence-corrected chi connectivity index (χ1v) is 13.9. The van der Waals surface area contributed by atoms with E-state index >= 15 is 0 Å². The van der Waals surface area contributed by atoms with Crippen molar-refractivity contribution < 1.29 is 31.1 Å². The van der Waals surface area contributed by atoms with Crippen LogP contribution in [0.2, 0.25) is 5.02 Å². The molecule has 0 bridgehead atoms. The second kappa shape index (κ2) is 11.5. The Kier molecular flexibility index (Phi) is 8.43. The summed E-state index contributed by atoms with van der Waals surface area (Å²) in [6.07, 6.45) is -4.76. The van der Waals surface area contributed by atoms with Gasteiger partial charge in [-0.05, 0) is 62.2 Å². The number of sulfonamides is 1. The number of carbonyl (C=O) groups excluding carboxylic acids is 1. The van der Waals surface area contributed by atoms with Gasteiger partial charge in [-0.2, -0.15) is 13.2 Å². The number of aromatic nitrogens is 2. The number of amides is 2. The van der Waals surface area contributed by atoms with Gasteiger partial charge in [-0.1, -0.05) is 41.4 Å². The van der Waals surface area contributed by atoms with E-state index in [1.165, 1.54) is 25.3 Å². The van der Waals surface area contributed by atoms with E-state index in [2.05, 4.69) is 10.3 Å². The van der Waals surface area contributed by atoms with Crippen LogP contribution in [0.5, 0.6) is 0 Å². The van der Waals surface area contributed by atoms with Crippen molar-refractivity contribution in [1.29, 1.82) is 0 Å². The highest BCUT2D eigenvalue weighted by molar-refractivity contribution is 7.90. The highest BCUT2D eigenvalue weighted by atomic mass is 35.5. The number of hydrogen-bond acceptors (Lipinski definition) is 5. The molecule has 1 atom stereocenters. The third-order valence-electron chi connectivity index (χ3n) is 6.24. The number of halogens is 4. The molecule has 1 unspecified atom stereocenters. The van der Waals surface area contributed by atoms with E-state index in [9.17, 15) is 26.4 Å². The standard InChI is InChI=1S/C27H26ClF3N4O4S/c1-16-4-10-20(11-5-16)40(37,38)34-26(36)32-13-12-18-6-8-19(9-7-18)35-24-15-22(28)21(27(29,30)31)14-23(24)33-25(35)17(2)39-3/h4-11,14-15,17H,12-13H2,1-3H3,(H2,32,34,36). The van der Waals surface area contributed by atoms with Crippen molar-refractivity contribution in [1.82, 2.24) is 19.6 Å². The van der Waals surface area contributed by atoms with E-state index in [1.54, 1.807) is 47.9 Å². The van der Waals surface area contributed by atoms with Crippen LogP contribution in [0.15, 0.2) is 65.6 Å². The minimum Gasteiger partial charge on any atom is -0.374 e. The summed E-state index contributed by atoms with van der Waals surface area (Å²) >= 11 is 5.99. The lowest BCUT2D eigenvalue weighted by Gasteiger charge is -2.15. The number of nitrogens with zero attached hydrogens (tertiary/aromatic N) is 2. The molecule has 40 heavy (non-hydrogen) atoms. The van der Waals surface area contributed by atoms with Gasteiger partial charge < -0.3 is 10.1 Å². The van der Waals surface area contributed by atoms with Crippen LogP contribution in [0, 0.1) is 6.92 Å². The zero-order chi connectivity index (χ0) is 29.2. The van der Waals surface area contributed by atoms with Gasteiger partial charge in [0.15, 0.2) is 0 Å². The highest BCUT2D eigenvalue weighted by Crippen LogP contribution is 2.38. The minimum absolute atomic E-state index is 0.0195. The van der Waals surface area contributed by atoms with Gasteiger partial charge in [-0.25, -0.2) is 22.9 Å². The number of hydrogen-bond donors (Lipinski definition) is 2. The Morgan fingerprint density at radius 3 is 2.35 bits per heavy atom. The Labute approximate surface area is 234 Å². The molecule has 2 N–H and O–H groups in total. The van der Waals surface area contributed by atoms with Crippen LogP contribution >= 0.6 is 11.6 Å². The Morgan fingerprint density at radius 1 is 1.10 bits per heavy atom. The Hall–Kier alpha value is -3.61. The van der Waals surface area contributed by atoms with E-state index in [0.717, 1.165) is 17.2 Å². The first-order chi connectivity index (χ1) is 18.8. The maximum Gasteiger partial charge on any atom is 0.417 e. The van der Waals surface area contributed by atoms with Crippen LogP contribution in [0.1, 0.15) is 35.5 Å². The molecule has 0 saturated carbocycles. The van der Waals surface area contributed by atoms with E-state index < -0.39 is 38.9 Å². The molecule has 0 aliphatic rings. The van der Waals surface area contributed by atoms with E-state index in [4.69, 9.17) is 16.3 Å². The van der Waals surface area contributed by atoms with Gasteiger partial charge in [-0.3, -0.25) is 4.57 Å². The molecule has 4 aromatic rings. The lowest BCUT2D eigenvalue weighted by Crippen LogP contribution is -2.40. The van der Waals surface area contributed by atoms with Gasteiger partial charge in [0.25, 0.3) is 10.0 Å². The molecule has 3 aromatic carbocycles. The molecule has 0 fully saturated rings. The first kappa shape index (κ1) is 29.4. The Balaban J connectivity index is 1.49. The van der Waals surface area contributed by atoms with Crippen molar-refractivity contribution in [2.24, 2.45) is 0 Å². The van der Waals surface area contributed by atoms with Crippen LogP contribution in [-0.4, -0.2) is 37.7 Å². The van der Waals surface area contributed by atoms with Gasteiger partial charge in [0.1, 0.15) is 11.9 Å². The number of alkyl halides is 3. The quantitative estimate of drug-likeness (QED) is 0.263. The fraction of sp³-hybridized carbons (Fsp3) is 0.259. The molecule has 1 heterocycles. The van der Waals surface area contributed by atoms with Gasteiger partial charge >= 0.3 is 12.2 Å². The average molecular weight is 595 g/mol. The van der Waals surface area contributed by atoms with Crippen molar-refractivity contribution in [2.45, 2.75) is 37.4 Å². The van der Waals surface area contributed by atoms with Gasteiger partial charge in [0.05, 0.1) is 26.5 Å². The van der Waals surface area contributed by atoms with E-state index in [-0.39, 0.29) is 17.0 Å². The molecule has 13 heteroatoms. The fourth-order valence-corrected chi connectivity index (χ4v) is 5.24. The first-order valence-electron chi connectivity index (χ1n) is 12.1. The molecule has 0 aliphatic carbocycles. The number of urea groups is 1. The SMILES string of the molecule is COC(C)c1nc2cc(C(F)(F)F)c(Cl)cc2n1-c1ccc(CCNC(=O)NS(=O)(=O)c2ccc(C)cc2)cc1. The second-order valence-corrected chi connectivity index (χ2v) is 11.2. The summed E-state index contributed by atoms with van der Waals surface area (Å²) in [5.74, 6) is 0.397. The molecule has 4 rings (SSSR count). The number of benzene rings is 3. The monoisotopic (exact) mass is 594 g/mol. The van der Waals surface area contributed by atoms with Crippen LogP contribution in [0.25, 0.3) is 16.7 Å². The minimum atomic E-state index is -4.63. The Morgan fingerprint density at radius 2 is 1.75 bits per heavy atom. The van der Waals surface area contributed by atoms with Crippen molar-refractivity contribution >= 4 is 38.7 Å². The zero-order valence-corrected chi connectivity index (χ0v) is 23.3.